The average molecular weight is 260 g/mol. The van der Waals surface area contributed by atoms with Crippen LogP contribution in [0.1, 0.15) is 15.9 Å². The Hall–Kier alpha value is -1.88. The number of benzene rings is 1. The zero-order chi connectivity index (χ0) is 13.2. The summed E-state index contributed by atoms with van der Waals surface area (Å²) < 4.78 is 5.42. The van der Waals surface area contributed by atoms with Crippen LogP contribution in [0.15, 0.2) is 18.2 Å². The molecule has 2 aliphatic heterocycles. The second-order valence-electron chi connectivity index (χ2n) is 4.90. The van der Waals surface area contributed by atoms with Gasteiger partial charge >= 0.3 is 0 Å². The highest BCUT2D eigenvalue weighted by molar-refractivity contribution is 5.98. The zero-order valence-corrected chi connectivity index (χ0v) is 10.6. The third kappa shape index (κ3) is 2.61. The fourth-order valence-electron chi connectivity index (χ4n) is 2.48. The van der Waals surface area contributed by atoms with E-state index in [9.17, 15) is 9.59 Å². The minimum Gasteiger partial charge on any atom is -0.493 e. The molecule has 5 nitrogen and oxygen atoms in total. The number of nitrogens with one attached hydrogen (secondary N) is 1. The van der Waals surface area contributed by atoms with Crippen LogP contribution in [0.2, 0.25) is 0 Å². The monoisotopic (exact) mass is 260 g/mol. The van der Waals surface area contributed by atoms with Gasteiger partial charge in [0.05, 0.1) is 19.7 Å². The van der Waals surface area contributed by atoms with E-state index in [2.05, 4.69) is 5.32 Å². The molecule has 3 rings (SSSR count). The molecule has 100 valence electrons. The van der Waals surface area contributed by atoms with E-state index < -0.39 is 0 Å². The van der Waals surface area contributed by atoms with Gasteiger partial charge in [-0.25, -0.2) is 0 Å². The molecule has 0 bridgehead atoms. The molecule has 0 spiro atoms. The Morgan fingerprint density at radius 1 is 1.42 bits per heavy atom. The SMILES string of the molecule is O=C1CN(CC(=O)c2ccc3c(c2)CCO3)CCN1. The molecule has 0 saturated carbocycles. The lowest BCUT2D eigenvalue weighted by atomic mass is 10.0. The van der Waals surface area contributed by atoms with Gasteiger partial charge in [0.1, 0.15) is 5.75 Å². The molecule has 0 aliphatic carbocycles. The van der Waals surface area contributed by atoms with Crippen LogP contribution in [-0.4, -0.2) is 49.4 Å². The Kier molecular flexibility index (Phi) is 3.21. The van der Waals surface area contributed by atoms with E-state index in [1.165, 1.54) is 0 Å². The van der Waals surface area contributed by atoms with E-state index in [0.29, 0.717) is 31.8 Å². The summed E-state index contributed by atoms with van der Waals surface area (Å²) in [5.74, 6) is 0.930. The number of amides is 1. The summed E-state index contributed by atoms with van der Waals surface area (Å²) in [6, 6.07) is 5.57. The number of piperazine rings is 1. The Balaban J connectivity index is 1.68. The van der Waals surface area contributed by atoms with E-state index in [0.717, 1.165) is 24.3 Å². The van der Waals surface area contributed by atoms with Gasteiger partial charge in [0.2, 0.25) is 5.91 Å². The van der Waals surface area contributed by atoms with Gasteiger partial charge in [-0.15, -0.1) is 0 Å². The first-order valence-corrected chi connectivity index (χ1v) is 6.50. The topological polar surface area (TPSA) is 58.6 Å². The van der Waals surface area contributed by atoms with Crippen molar-refractivity contribution in [2.24, 2.45) is 0 Å². The maximum absolute atomic E-state index is 12.2. The largest absolute Gasteiger partial charge is 0.493 e. The summed E-state index contributed by atoms with van der Waals surface area (Å²) >= 11 is 0. The third-order valence-electron chi connectivity index (χ3n) is 3.50. The molecular formula is C14H16N2O3. The molecule has 0 radical (unpaired) electrons. The van der Waals surface area contributed by atoms with E-state index in [-0.39, 0.29) is 11.7 Å². The van der Waals surface area contributed by atoms with Crippen molar-refractivity contribution in [3.05, 3.63) is 29.3 Å². The number of fused-ring (bicyclic) bond motifs is 1. The lowest BCUT2D eigenvalue weighted by Gasteiger charge is -2.25. The molecule has 1 aromatic rings. The van der Waals surface area contributed by atoms with Crippen molar-refractivity contribution in [3.8, 4) is 5.75 Å². The Morgan fingerprint density at radius 2 is 2.32 bits per heavy atom. The van der Waals surface area contributed by atoms with Crippen molar-refractivity contribution in [3.63, 3.8) is 0 Å². The molecule has 0 unspecified atom stereocenters. The van der Waals surface area contributed by atoms with Crippen LogP contribution >= 0.6 is 0 Å². The number of rotatable bonds is 3. The fourth-order valence-corrected chi connectivity index (χ4v) is 2.48. The smallest absolute Gasteiger partial charge is 0.234 e. The minimum absolute atomic E-state index is 0.0126. The summed E-state index contributed by atoms with van der Waals surface area (Å²) in [6.45, 7) is 2.64. The summed E-state index contributed by atoms with van der Waals surface area (Å²) in [4.78, 5) is 25.3. The van der Waals surface area contributed by atoms with Crippen molar-refractivity contribution in [2.45, 2.75) is 6.42 Å². The van der Waals surface area contributed by atoms with Crippen LogP contribution in [0.4, 0.5) is 0 Å². The predicted molar refractivity (Wildman–Crippen MR) is 69.4 cm³/mol. The van der Waals surface area contributed by atoms with E-state index >= 15 is 0 Å². The number of ketones is 1. The fraction of sp³-hybridized carbons (Fsp3) is 0.429. The third-order valence-corrected chi connectivity index (χ3v) is 3.50. The first-order valence-electron chi connectivity index (χ1n) is 6.50. The van der Waals surface area contributed by atoms with Gasteiger partial charge in [0, 0.05) is 25.1 Å². The van der Waals surface area contributed by atoms with Crippen molar-refractivity contribution < 1.29 is 14.3 Å². The number of carbonyl (C=O) groups is 2. The minimum atomic E-state index is -0.0126. The number of Topliss-reactive ketones (excluding diaryl/α,β-unsaturated/α-hetero) is 1. The van der Waals surface area contributed by atoms with Gasteiger partial charge in [0.25, 0.3) is 0 Å². The van der Waals surface area contributed by atoms with Crippen molar-refractivity contribution in [1.29, 1.82) is 0 Å². The number of ether oxygens (including phenoxy) is 1. The maximum atomic E-state index is 12.2. The van der Waals surface area contributed by atoms with Crippen LogP contribution in [0.25, 0.3) is 0 Å². The van der Waals surface area contributed by atoms with Crippen LogP contribution in [0.5, 0.6) is 5.75 Å². The highest BCUT2D eigenvalue weighted by Gasteiger charge is 2.20. The Morgan fingerprint density at radius 3 is 3.16 bits per heavy atom. The highest BCUT2D eigenvalue weighted by atomic mass is 16.5. The number of hydrogen-bond acceptors (Lipinski definition) is 4. The average Bonchev–Trinajstić information content (AvgIpc) is 2.85. The lowest BCUT2D eigenvalue weighted by molar-refractivity contribution is -0.123. The van der Waals surface area contributed by atoms with Crippen molar-refractivity contribution >= 4 is 11.7 Å². The first kappa shape index (κ1) is 12.2. The molecule has 2 aliphatic rings. The summed E-state index contributed by atoms with van der Waals surface area (Å²) in [5.41, 5.74) is 1.80. The number of hydrogen-bond donors (Lipinski definition) is 1. The van der Waals surface area contributed by atoms with Crippen LogP contribution < -0.4 is 10.1 Å². The molecule has 5 heteroatoms. The molecule has 19 heavy (non-hydrogen) atoms. The second-order valence-corrected chi connectivity index (χ2v) is 4.90. The van der Waals surface area contributed by atoms with Crippen LogP contribution in [0.3, 0.4) is 0 Å². The first-order chi connectivity index (χ1) is 9.22. The highest BCUT2D eigenvalue weighted by Crippen LogP contribution is 2.26. The van der Waals surface area contributed by atoms with Crippen molar-refractivity contribution in [1.82, 2.24) is 10.2 Å². The lowest BCUT2D eigenvalue weighted by Crippen LogP contribution is -2.49. The van der Waals surface area contributed by atoms with Gasteiger partial charge in [0.15, 0.2) is 5.78 Å². The maximum Gasteiger partial charge on any atom is 0.234 e. The molecule has 0 atom stereocenters. The predicted octanol–water partition coefficient (Wildman–Crippen LogP) is 0.236. The zero-order valence-electron chi connectivity index (χ0n) is 10.6. The van der Waals surface area contributed by atoms with E-state index in [4.69, 9.17) is 4.74 Å². The standard InChI is InChI=1S/C14H16N2O3/c17-12(8-16-5-4-15-14(18)9-16)10-1-2-13-11(7-10)3-6-19-13/h1-2,7H,3-6,8-9H2,(H,15,18). The molecule has 1 fully saturated rings. The summed E-state index contributed by atoms with van der Waals surface area (Å²) in [5, 5.41) is 2.75. The van der Waals surface area contributed by atoms with E-state index in [1.807, 2.05) is 17.0 Å². The molecule has 2 heterocycles. The summed E-state index contributed by atoms with van der Waals surface area (Å²) in [6.07, 6.45) is 0.864. The van der Waals surface area contributed by atoms with Gasteiger partial charge in [-0.2, -0.15) is 0 Å². The molecule has 1 saturated heterocycles. The van der Waals surface area contributed by atoms with Gasteiger partial charge in [-0.05, 0) is 23.8 Å². The molecule has 1 amide bonds. The Bertz CT molecular complexity index is 527. The van der Waals surface area contributed by atoms with Crippen molar-refractivity contribution in [2.75, 3.05) is 32.8 Å². The second kappa shape index (κ2) is 5.01. The molecule has 0 aromatic heterocycles. The molecule has 1 aromatic carbocycles. The molecule has 1 N–H and O–H groups in total. The number of nitrogens with zero attached hydrogens (tertiary/aromatic N) is 1. The van der Waals surface area contributed by atoms with Gasteiger partial charge < -0.3 is 10.1 Å². The molecular weight excluding hydrogens is 244 g/mol. The van der Waals surface area contributed by atoms with E-state index in [1.54, 1.807) is 6.07 Å². The Labute approximate surface area is 111 Å². The quantitative estimate of drug-likeness (QED) is 0.791. The van der Waals surface area contributed by atoms with Gasteiger partial charge in [-0.1, -0.05) is 0 Å². The normalized spacial score (nSPS) is 18.6. The van der Waals surface area contributed by atoms with Crippen LogP contribution in [0, 0.1) is 0 Å². The van der Waals surface area contributed by atoms with Gasteiger partial charge in [-0.3, -0.25) is 14.5 Å². The summed E-state index contributed by atoms with van der Waals surface area (Å²) in [7, 11) is 0. The number of carbonyl (C=O) groups excluding carboxylic acids is 2. The van der Waals surface area contributed by atoms with Crippen LogP contribution in [-0.2, 0) is 11.2 Å².